The van der Waals surface area contributed by atoms with Crippen molar-refractivity contribution in [2.75, 3.05) is 24.5 Å². The van der Waals surface area contributed by atoms with Crippen molar-refractivity contribution in [3.05, 3.63) is 42.9 Å². The minimum absolute atomic E-state index is 0.0679. The number of nitrogens with one attached hydrogen (secondary N) is 2. The first-order chi connectivity index (χ1) is 14.5. The van der Waals surface area contributed by atoms with E-state index < -0.39 is 0 Å². The van der Waals surface area contributed by atoms with E-state index in [0.717, 1.165) is 65.5 Å². The molecule has 0 radical (unpaired) electrons. The van der Waals surface area contributed by atoms with E-state index >= 15 is 0 Å². The number of piperazine rings is 1. The molecule has 4 aromatic heterocycles. The fourth-order valence-corrected chi connectivity index (χ4v) is 4.01. The third-order valence-corrected chi connectivity index (χ3v) is 5.57. The van der Waals surface area contributed by atoms with Crippen LogP contribution < -0.4 is 10.2 Å². The highest BCUT2D eigenvalue weighted by Gasteiger charge is 2.26. The number of aryl methyl sites for hydroxylation is 1. The molecule has 0 aliphatic carbocycles. The minimum Gasteiger partial charge on any atom is -0.353 e. The average Bonchev–Trinajstić information content (AvgIpc) is 3.40. The van der Waals surface area contributed by atoms with Crippen LogP contribution in [0, 0.1) is 0 Å². The van der Waals surface area contributed by atoms with Gasteiger partial charge in [0.05, 0.1) is 29.3 Å². The van der Waals surface area contributed by atoms with Crippen LogP contribution in [0.5, 0.6) is 0 Å². The van der Waals surface area contributed by atoms with Crippen LogP contribution in [0.1, 0.15) is 20.8 Å². The Labute approximate surface area is 175 Å². The topological polar surface area (TPSA) is 87.5 Å². The van der Waals surface area contributed by atoms with Crippen molar-refractivity contribution in [1.82, 2.24) is 35.3 Å². The molecule has 30 heavy (non-hydrogen) atoms. The van der Waals surface area contributed by atoms with E-state index in [9.17, 15) is 0 Å². The van der Waals surface area contributed by atoms with Gasteiger partial charge in [0.15, 0.2) is 0 Å². The largest absolute Gasteiger partial charge is 0.353 e. The third kappa shape index (κ3) is 3.43. The summed E-state index contributed by atoms with van der Waals surface area (Å²) in [6.45, 7) is 10.2. The van der Waals surface area contributed by atoms with Gasteiger partial charge < -0.3 is 10.2 Å². The van der Waals surface area contributed by atoms with Gasteiger partial charge in [-0.2, -0.15) is 10.2 Å². The van der Waals surface area contributed by atoms with Gasteiger partial charge in [0, 0.05) is 48.9 Å². The third-order valence-electron chi connectivity index (χ3n) is 5.57. The predicted molar refractivity (Wildman–Crippen MR) is 118 cm³/mol. The second-order valence-electron chi connectivity index (χ2n) is 8.39. The molecule has 4 aromatic rings. The summed E-state index contributed by atoms with van der Waals surface area (Å²) < 4.78 is 1.90. The van der Waals surface area contributed by atoms with Gasteiger partial charge in [0.1, 0.15) is 11.5 Å². The first kappa shape index (κ1) is 18.7. The Balaban J connectivity index is 1.52. The van der Waals surface area contributed by atoms with Crippen molar-refractivity contribution in [3.8, 4) is 22.6 Å². The van der Waals surface area contributed by atoms with E-state index in [1.54, 1.807) is 0 Å². The van der Waals surface area contributed by atoms with Crippen LogP contribution >= 0.6 is 0 Å². The number of hydrogen-bond donors (Lipinski definition) is 2. The number of aromatic nitrogens is 6. The molecular formula is C22H26N8. The van der Waals surface area contributed by atoms with E-state index in [1.807, 2.05) is 29.3 Å². The molecule has 0 spiro atoms. The fourth-order valence-electron chi connectivity index (χ4n) is 4.01. The Bertz CT molecular complexity index is 1190. The molecule has 1 aliphatic rings. The Morgan fingerprint density at radius 3 is 2.87 bits per heavy atom. The van der Waals surface area contributed by atoms with E-state index in [2.05, 4.69) is 69.5 Å². The molecule has 0 atom stereocenters. The highest BCUT2D eigenvalue weighted by Crippen LogP contribution is 2.29. The Hall–Kier alpha value is -3.26. The molecule has 8 nitrogen and oxygen atoms in total. The zero-order chi connectivity index (χ0) is 20.7. The van der Waals surface area contributed by atoms with Gasteiger partial charge in [0.2, 0.25) is 0 Å². The summed E-state index contributed by atoms with van der Waals surface area (Å²) in [6, 6.07) is 8.21. The van der Waals surface area contributed by atoms with Crippen LogP contribution in [0.2, 0.25) is 0 Å². The number of fused-ring (bicyclic) bond motifs is 1. The molecule has 1 saturated heterocycles. The number of nitrogens with zero attached hydrogens (tertiary/aromatic N) is 6. The maximum Gasteiger partial charge on any atom is 0.129 e. The minimum atomic E-state index is 0.0679. The number of anilines is 1. The Morgan fingerprint density at radius 2 is 2.07 bits per heavy atom. The molecule has 154 valence electrons. The maximum absolute atomic E-state index is 4.95. The van der Waals surface area contributed by atoms with Crippen LogP contribution in [-0.2, 0) is 6.54 Å². The summed E-state index contributed by atoms with van der Waals surface area (Å²) in [4.78, 5) is 11.9. The number of aromatic amines is 1. The first-order valence-corrected chi connectivity index (χ1v) is 10.4. The molecule has 0 unspecified atom stereocenters. The van der Waals surface area contributed by atoms with Gasteiger partial charge in [-0.15, -0.1) is 0 Å². The van der Waals surface area contributed by atoms with E-state index in [4.69, 9.17) is 4.98 Å². The van der Waals surface area contributed by atoms with Crippen molar-refractivity contribution < 1.29 is 0 Å². The lowest BCUT2D eigenvalue weighted by Gasteiger charge is -2.39. The molecule has 2 N–H and O–H groups in total. The number of pyridine rings is 2. The molecular weight excluding hydrogens is 376 g/mol. The van der Waals surface area contributed by atoms with Gasteiger partial charge in [-0.05, 0) is 39.0 Å². The van der Waals surface area contributed by atoms with Crippen molar-refractivity contribution >= 4 is 16.7 Å². The maximum atomic E-state index is 4.95. The number of H-pyrrole nitrogens is 1. The van der Waals surface area contributed by atoms with Crippen LogP contribution in [-0.4, -0.2) is 55.1 Å². The molecule has 5 rings (SSSR count). The molecule has 0 aromatic carbocycles. The monoisotopic (exact) mass is 402 g/mol. The zero-order valence-electron chi connectivity index (χ0n) is 17.6. The second-order valence-corrected chi connectivity index (χ2v) is 8.39. The number of rotatable bonds is 4. The Morgan fingerprint density at radius 1 is 1.17 bits per heavy atom. The molecule has 1 fully saturated rings. The number of hydrogen-bond acceptors (Lipinski definition) is 6. The quantitative estimate of drug-likeness (QED) is 0.545. The van der Waals surface area contributed by atoms with Gasteiger partial charge >= 0.3 is 0 Å². The summed E-state index contributed by atoms with van der Waals surface area (Å²) in [5.74, 6) is 0.983. The highest BCUT2D eigenvalue weighted by molar-refractivity contribution is 5.93. The van der Waals surface area contributed by atoms with Gasteiger partial charge in [-0.1, -0.05) is 6.07 Å². The SMILES string of the molecule is CCn1cc(-c2cc3c(-c4cccc(N5CCNC(C)(C)C5)n4)n[nH]c3cn2)cn1. The lowest BCUT2D eigenvalue weighted by atomic mass is 10.0. The molecule has 0 saturated carbocycles. The Kier molecular flexibility index (Phi) is 4.51. The average molecular weight is 403 g/mol. The van der Waals surface area contributed by atoms with Crippen molar-refractivity contribution in [2.24, 2.45) is 0 Å². The van der Waals surface area contributed by atoms with E-state index in [0.29, 0.717) is 0 Å². The molecule has 0 amide bonds. The van der Waals surface area contributed by atoms with Crippen LogP contribution in [0.15, 0.2) is 42.9 Å². The van der Waals surface area contributed by atoms with E-state index in [-0.39, 0.29) is 5.54 Å². The first-order valence-electron chi connectivity index (χ1n) is 10.4. The van der Waals surface area contributed by atoms with Crippen molar-refractivity contribution in [3.63, 3.8) is 0 Å². The zero-order valence-corrected chi connectivity index (χ0v) is 17.6. The normalized spacial score (nSPS) is 16.3. The molecule has 0 bridgehead atoms. The second kappa shape index (κ2) is 7.21. The summed E-state index contributed by atoms with van der Waals surface area (Å²) in [5, 5.41) is 16.6. The van der Waals surface area contributed by atoms with Crippen molar-refractivity contribution in [2.45, 2.75) is 32.9 Å². The summed E-state index contributed by atoms with van der Waals surface area (Å²) in [7, 11) is 0. The highest BCUT2D eigenvalue weighted by atomic mass is 15.3. The van der Waals surface area contributed by atoms with Crippen LogP contribution in [0.3, 0.4) is 0 Å². The van der Waals surface area contributed by atoms with Gasteiger partial charge in [0.25, 0.3) is 0 Å². The lowest BCUT2D eigenvalue weighted by molar-refractivity contribution is 0.352. The summed E-state index contributed by atoms with van der Waals surface area (Å²) >= 11 is 0. The molecule has 1 aliphatic heterocycles. The fraction of sp³-hybridized carbons (Fsp3) is 0.364. The smallest absolute Gasteiger partial charge is 0.129 e. The molecule has 5 heterocycles. The summed E-state index contributed by atoms with van der Waals surface area (Å²) in [6.07, 6.45) is 5.69. The van der Waals surface area contributed by atoms with Gasteiger partial charge in [-0.3, -0.25) is 14.8 Å². The van der Waals surface area contributed by atoms with E-state index in [1.165, 1.54) is 0 Å². The molecule has 8 heteroatoms. The lowest BCUT2D eigenvalue weighted by Crippen LogP contribution is -2.57. The summed E-state index contributed by atoms with van der Waals surface area (Å²) in [5.41, 5.74) is 4.54. The predicted octanol–water partition coefficient (Wildman–Crippen LogP) is 3.09. The standard InChI is InChI=1S/C22H26N8/c1-4-30-13-15(11-25-30)18-10-16-19(12-23-18)27-28-21(16)17-6-5-7-20(26-17)29-9-8-24-22(2,3)14-29/h5-7,10-13,24H,4,8-9,14H2,1-3H3,(H,27,28). The van der Waals surface area contributed by atoms with Crippen molar-refractivity contribution in [1.29, 1.82) is 0 Å². The van der Waals surface area contributed by atoms with Crippen LogP contribution in [0.25, 0.3) is 33.5 Å². The van der Waals surface area contributed by atoms with Crippen LogP contribution in [0.4, 0.5) is 5.82 Å². The van der Waals surface area contributed by atoms with Gasteiger partial charge in [-0.25, -0.2) is 4.98 Å².